The third-order valence-electron chi connectivity index (χ3n) is 2.37. The lowest BCUT2D eigenvalue weighted by Crippen LogP contribution is -2.38. The summed E-state index contributed by atoms with van der Waals surface area (Å²) >= 11 is 0. The van der Waals surface area contributed by atoms with Crippen LogP contribution in [0.5, 0.6) is 0 Å². The predicted molar refractivity (Wildman–Crippen MR) is 45.2 cm³/mol. The summed E-state index contributed by atoms with van der Waals surface area (Å²) in [5.41, 5.74) is 5.54. The molecule has 1 fully saturated rings. The van der Waals surface area contributed by atoms with E-state index in [0.29, 0.717) is 0 Å². The molecule has 0 bridgehead atoms. The molecule has 1 rings (SSSR count). The van der Waals surface area contributed by atoms with Crippen LogP contribution in [0, 0.1) is 5.92 Å². The summed E-state index contributed by atoms with van der Waals surface area (Å²) in [5, 5.41) is 0. The molecule has 1 aliphatic carbocycles. The Labute approximate surface area is 72.3 Å². The Kier molecular flexibility index (Phi) is 2.43. The van der Waals surface area contributed by atoms with Gasteiger partial charge in [-0.3, -0.25) is 0 Å². The van der Waals surface area contributed by atoms with Crippen molar-refractivity contribution < 1.29 is 8.78 Å². The van der Waals surface area contributed by atoms with Crippen molar-refractivity contribution in [1.82, 2.24) is 0 Å². The maximum atomic E-state index is 12.4. The van der Waals surface area contributed by atoms with Crippen molar-refractivity contribution in [3.8, 4) is 0 Å². The fourth-order valence-corrected chi connectivity index (χ4v) is 1.57. The zero-order chi connectivity index (χ0) is 9.41. The van der Waals surface area contributed by atoms with Gasteiger partial charge >= 0.3 is 0 Å². The maximum absolute atomic E-state index is 12.4. The van der Waals surface area contributed by atoms with E-state index >= 15 is 0 Å². The summed E-state index contributed by atoms with van der Waals surface area (Å²) in [6.07, 6.45) is 1.83. The third kappa shape index (κ3) is 3.05. The smallest absolute Gasteiger partial charge is 0.248 e. The van der Waals surface area contributed by atoms with Gasteiger partial charge in [-0.25, -0.2) is 8.78 Å². The van der Waals surface area contributed by atoms with Crippen LogP contribution in [-0.4, -0.2) is 11.5 Å². The molecule has 3 heteroatoms. The number of rotatable bonds is 3. The van der Waals surface area contributed by atoms with Crippen molar-refractivity contribution in [1.29, 1.82) is 0 Å². The maximum Gasteiger partial charge on any atom is 0.248 e. The van der Waals surface area contributed by atoms with Crippen molar-refractivity contribution in [2.24, 2.45) is 11.7 Å². The van der Waals surface area contributed by atoms with Crippen molar-refractivity contribution in [2.45, 2.75) is 51.0 Å². The van der Waals surface area contributed by atoms with E-state index in [1.54, 1.807) is 0 Å². The van der Waals surface area contributed by atoms with E-state index in [1.807, 2.05) is 13.8 Å². The molecule has 0 aromatic heterocycles. The largest absolute Gasteiger partial charge is 0.326 e. The van der Waals surface area contributed by atoms with Gasteiger partial charge in [0.05, 0.1) is 0 Å². The molecule has 0 saturated heterocycles. The van der Waals surface area contributed by atoms with Crippen LogP contribution in [0.1, 0.15) is 39.5 Å². The fraction of sp³-hybridized carbons (Fsp3) is 1.00. The quantitative estimate of drug-likeness (QED) is 0.704. The summed E-state index contributed by atoms with van der Waals surface area (Å²) in [5.74, 6) is -2.16. The molecule has 0 aromatic rings. The standard InChI is InChI=1S/C9H17F2N/c1-8(2,12)4-3-7-5-9(10,11)6-7/h7H,3-6,12H2,1-2H3. The molecule has 0 spiro atoms. The van der Waals surface area contributed by atoms with E-state index in [-0.39, 0.29) is 24.3 Å². The van der Waals surface area contributed by atoms with Crippen LogP contribution in [0.3, 0.4) is 0 Å². The van der Waals surface area contributed by atoms with Crippen LogP contribution in [0.25, 0.3) is 0 Å². The zero-order valence-electron chi connectivity index (χ0n) is 7.74. The summed E-state index contributed by atoms with van der Waals surface area (Å²) in [4.78, 5) is 0. The van der Waals surface area contributed by atoms with Crippen LogP contribution in [-0.2, 0) is 0 Å². The molecule has 0 heterocycles. The summed E-state index contributed by atoms with van der Waals surface area (Å²) in [7, 11) is 0. The van der Waals surface area contributed by atoms with Gasteiger partial charge in [0.1, 0.15) is 0 Å². The van der Waals surface area contributed by atoms with Crippen molar-refractivity contribution >= 4 is 0 Å². The third-order valence-corrected chi connectivity index (χ3v) is 2.37. The highest BCUT2D eigenvalue weighted by molar-refractivity contribution is 4.87. The predicted octanol–water partition coefficient (Wildman–Crippen LogP) is 2.55. The van der Waals surface area contributed by atoms with Crippen LogP contribution in [0.2, 0.25) is 0 Å². The lowest BCUT2D eigenvalue weighted by molar-refractivity contribution is -0.113. The van der Waals surface area contributed by atoms with Gasteiger partial charge in [0, 0.05) is 18.4 Å². The van der Waals surface area contributed by atoms with Gasteiger partial charge in [-0.05, 0) is 32.6 Å². The highest BCUT2D eigenvalue weighted by Gasteiger charge is 2.44. The molecule has 1 aliphatic rings. The van der Waals surface area contributed by atoms with Crippen LogP contribution < -0.4 is 5.73 Å². The van der Waals surface area contributed by atoms with Crippen molar-refractivity contribution in [2.75, 3.05) is 0 Å². The summed E-state index contributed by atoms with van der Waals surface area (Å²) in [6.45, 7) is 3.87. The molecule has 2 N–H and O–H groups in total. The molecule has 1 saturated carbocycles. The molecule has 0 unspecified atom stereocenters. The molecule has 12 heavy (non-hydrogen) atoms. The van der Waals surface area contributed by atoms with Gasteiger partial charge in [-0.15, -0.1) is 0 Å². The van der Waals surface area contributed by atoms with Crippen LogP contribution in [0.15, 0.2) is 0 Å². The van der Waals surface area contributed by atoms with Crippen molar-refractivity contribution in [3.05, 3.63) is 0 Å². The minimum Gasteiger partial charge on any atom is -0.326 e. The van der Waals surface area contributed by atoms with E-state index in [2.05, 4.69) is 0 Å². The Hall–Kier alpha value is -0.180. The first kappa shape index (κ1) is 9.90. The SMILES string of the molecule is CC(C)(N)CCC1CC(F)(F)C1. The Morgan fingerprint density at radius 2 is 1.92 bits per heavy atom. The number of hydrogen-bond donors (Lipinski definition) is 1. The van der Waals surface area contributed by atoms with Crippen LogP contribution in [0.4, 0.5) is 8.78 Å². The molecule has 0 amide bonds. The van der Waals surface area contributed by atoms with Gasteiger partial charge in [0.25, 0.3) is 0 Å². The summed E-state index contributed by atoms with van der Waals surface area (Å²) in [6, 6.07) is 0. The highest BCUT2D eigenvalue weighted by Crippen LogP contribution is 2.44. The van der Waals surface area contributed by atoms with Gasteiger partial charge in [0.15, 0.2) is 0 Å². The highest BCUT2D eigenvalue weighted by atomic mass is 19.3. The Bertz CT molecular complexity index is 152. The van der Waals surface area contributed by atoms with E-state index in [9.17, 15) is 8.78 Å². The first-order valence-corrected chi connectivity index (χ1v) is 4.45. The van der Waals surface area contributed by atoms with Crippen molar-refractivity contribution in [3.63, 3.8) is 0 Å². The lowest BCUT2D eigenvalue weighted by Gasteiger charge is -2.36. The fourth-order valence-electron chi connectivity index (χ4n) is 1.57. The minimum absolute atomic E-state index is 0.0725. The second kappa shape index (κ2) is 2.95. The van der Waals surface area contributed by atoms with E-state index < -0.39 is 5.92 Å². The average Bonchev–Trinajstić information content (AvgIpc) is 1.76. The molecule has 0 aromatic carbocycles. The average molecular weight is 177 g/mol. The van der Waals surface area contributed by atoms with Gasteiger partial charge < -0.3 is 5.73 Å². The Morgan fingerprint density at radius 3 is 2.25 bits per heavy atom. The molecular weight excluding hydrogens is 160 g/mol. The first-order chi connectivity index (χ1) is 5.29. The topological polar surface area (TPSA) is 26.0 Å². The normalized spacial score (nSPS) is 23.8. The number of nitrogens with two attached hydrogens (primary N) is 1. The molecule has 1 nitrogen and oxygen atoms in total. The van der Waals surface area contributed by atoms with Gasteiger partial charge in [-0.2, -0.15) is 0 Å². The van der Waals surface area contributed by atoms with Gasteiger partial charge in [-0.1, -0.05) is 0 Å². The first-order valence-electron chi connectivity index (χ1n) is 4.45. The second-order valence-corrected chi connectivity index (χ2v) is 4.66. The Morgan fingerprint density at radius 1 is 1.42 bits per heavy atom. The monoisotopic (exact) mass is 177 g/mol. The van der Waals surface area contributed by atoms with Crippen LogP contribution >= 0.6 is 0 Å². The molecular formula is C9H17F2N. The zero-order valence-corrected chi connectivity index (χ0v) is 7.74. The van der Waals surface area contributed by atoms with E-state index in [1.165, 1.54) is 0 Å². The molecule has 72 valence electrons. The van der Waals surface area contributed by atoms with Gasteiger partial charge in [0.2, 0.25) is 5.92 Å². The second-order valence-electron chi connectivity index (χ2n) is 4.66. The Balaban J connectivity index is 2.12. The van der Waals surface area contributed by atoms with E-state index in [4.69, 9.17) is 5.73 Å². The molecule has 0 radical (unpaired) electrons. The minimum atomic E-state index is -2.37. The molecule has 0 atom stereocenters. The summed E-state index contributed by atoms with van der Waals surface area (Å²) < 4.78 is 24.8. The number of halogens is 2. The molecule has 0 aliphatic heterocycles. The lowest BCUT2D eigenvalue weighted by atomic mass is 9.77. The number of hydrogen-bond acceptors (Lipinski definition) is 1. The van der Waals surface area contributed by atoms with E-state index in [0.717, 1.165) is 12.8 Å². The number of alkyl halides is 2.